The molecule has 5 aromatic carbocycles. The van der Waals surface area contributed by atoms with Crippen molar-refractivity contribution in [1.29, 1.82) is 0 Å². The molecule has 0 fully saturated rings. The Morgan fingerprint density at radius 1 is 0.532 bits per heavy atom. The molecule has 0 unspecified atom stereocenters. The SMILES string of the molecule is COc1cc(OC)c(C(=O)Oc2ccc(C(=O)Oc3ccc(-c4ccc(OC(=O)c5ccc(O)cc5)cc4)c(Cl)c3)cc2)cc1OC. The number of aromatic hydroxyl groups is 1. The summed E-state index contributed by atoms with van der Waals surface area (Å²) in [7, 11) is 4.33. The Balaban J connectivity index is 1.20. The highest BCUT2D eigenvalue weighted by molar-refractivity contribution is 6.33. The Kier molecular flexibility index (Phi) is 9.93. The number of methoxy groups -OCH3 is 3. The molecule has 10 nitrogen and oxygen atoms in total. The molecule has 0 bridgehead atoms. The van der Waals surface area contributed by atoms with Gasteiger partial charge in [-0.05, 0) is 78.4 Å². The molecule has 0 spiro atoms. The largest absolute Gasteiger partial charge is 0.508 e. The van der Waals surface area contributed by atoms with E-state index in [1.807, 2.05) is 0 Å². The summed E-state index contributed by atoms with van der Waals surface area (Å²) in [5.41, 5.74) is 2.05. The molecule has 5 aromatic rings. The second-order valence-electron chi connectivity index (χ2n) is 9.81. The minimum absolute atomic E-state index is 0.0488. The Hall–Kier alpha value is -6.00. The maximum absolute atomic E-state index is 12.9. The van der Waals surface area contributed by atoms with E-state index in [0.29, 0.717) is 33.4 Å². The van der Waals surface area contributed by atoms with Gasteiger partial charge in [-0.2, -0.15) is 0 Å². The Labute approximate surface area is 274 Å². The van der Waals surface area contributed by atoms with Crippen molar-refractivity contribution in [2.24, 2.45) is 0 Å². The van der Waals surface area contributed by atoms with E-state index < -0.39 is 17.9 Å². The first-order chi connectivity index (χ1) is 22.7. The third kappa shape index (κ3) is 7.63. The van der Waals surface area contributed by atoms with Crippen LogP contribution in [0.25, 0.3) is 11.1 Å². The smallest absolute Gasteiger partial charge is 0.347 e. The quantitative estimate of drug-likeness (QED) is 0.120. The average Bonchev–Trinajstić information content (AvgIpc) is 3.08. The minimum atomic E-state index is -0.697. The number of phenolic OH excluding ortho intramolecular Hbond substituents is 1. The van der Waals surface area contributed by atoms with Crippen LogP contribution in [0.1, 0.15) is 31.1 Å². The second kappa shape index (κ2) is 14.4. The van der Waals surface area contributed by atoms with Crippen molar-refractivity contribution in [2.75, 3.05) is 21.3 Å². The maximum atomic E-state index is 12.9. The number of hydrogen-bond acceptors (Lipinski definition) is 10. The number of benzene rings is 5. The molecule has 1 N–H and O–H groups in total. The van der Waals surface area contributed by atoms with Crippen LogP contribution in [0.5, 0.6) is 40.2 Å². The molecule has 47 heavy (non-hydrogen) atoms. The van der Waals surface area contributed by atoms with Crippen molar-refractivity contribution in [3.8, 4) is 51.4 Å². The Bertz CT molecular complexity index is 1920. The maximum Gasteiger partial charge on any atom is 0.347 e. The van der Waals surface area contributed by atoms with Crippen LogP contribution in [0.4, 0.5) is 0 Å². The van der Waals surface area contributed by atoms with Crippen LogP contribution in [0.2, 0.25) is 5.02 Å². The lowest BCUT2D eigenvalue weighted by molar-refractivity contribution is 0.0722. The number of rotatable bonds is 10. The van der Waals surface area contributed by atoms with Crippen LogP contribution in [0, 0.1) is 0 Å². The van der Waals surface area contributed by atoms with Crippen molar-refractivity contribution < 1.29 is 47.9 Å². The number of halogens is 1. The number of carbonyl (C=O) groups is 3. The summed E-state index contributed by atoms with van der Waals surface area (Å²) < 4.78 is 32.2. The van der Waals surface area contributed by atoms with Gasteiger partial charge >= 0.3 is 17.9 Å². The fourth-order valence-corrected chi connectivity index (χ4v) is 4.71. The topological polar surface area (TPSA) is 127 Å². The van der Waals surface area contributed by atoms with Gasteiger partial charge in [-0.1, -0.05) is 23.7 Å². The molecular formula is C36H27ClO10. The summed E-state index contributed by atoms with van der Waals surface area (Å²) >= 11 is 6.52. The molecule has 0 aliphatic rings. The highest BCUT2D eigenvalue weighted by Gasteiger charge is 2.20. The van der Waals surface area contributed by atoms with E-state index in [9.17, 15) is 19.5 Å². The van der Waals surface area contributed by atoms with E-state index in [1.165, 1.54) is 88.1 Å². The van der Waals surface area contributed by atoms with E-state index in [0.717, 1.165) is 5.56 Å². The third-order valence-electron chi connectivity index (χ3n) is 6.86. The fraction of sp³-hybridized carbons (Fsp3) is 0.0833. The zero-order valence-corrected chi connectivity index (χ0v) is 26.1. The predicted molar refractivity (Wildman–Crippen MR) is 172 cm³/mol. The van der Waals surface area contributed by atoms with Gasteiger partial charge in [0.05, 0.1) is 37.5 Å². The normalized spacial score (nSPS) is 10.5. The summed E-state index contributed by atoms with van der Waals surface area (Å²) in [6.45, 7) is 0. The van der Waals surface area contributed by atoms with Crippen LogP contribution in [0.15, 0.2) is 103 Å². The molecule has 0 atom stereocenters. The van der Waals surface area contributed by atoms with Crippen molar-refractivity contribution in [2.45, 2.75) is 0 Å². The first kappa shape index (κ1) is 32.4. The van der Waals surface area contributed by atoms with Crippen molar-refractivity contribution in [3.63, 3.8) is 0 Å². The van der Waals surface area contributed by atoms with E-state index in [4.69, 9.17) is 40.0 Å². The lowest BCUT2D eigenvalue weighted by atomic mass is 10.1. The molecule has 0 heterocycles. The van der Waals surface area contributed by atoms with Gasteiger partial charge in [-0.3, -0.25) is 0 Å². The predicted octanol–water partition coefficient (Wildman–Crippen LogP) is 7.40. The van der Waals surface area contributed by atoms with Crippen LogP contribution in [-0.4, -0.2) is 44.3 Å². The third-order valence-corrected chi connectivity index (χ3v) is 7.17. The molecule has 238 valence electrons. The molecule has 11 heteroatoms. The summed E-state index contributed by atoms with van der Waals surface area (Å²) in [6.07, 6.45) is 0. The monoisotopic (exact) mass is 654 g/mol. The molecule has 0 saturated carbocycles. The molecule has 0 aliphatic heterocycles. The first-order valence-electron chi connectivity index (χ1n) is 13.9. The molecule has 0 aromatic heterocycles. The lowest BCUT2D eigenvalue weighted by Crippen LogP contribution is -2.12. The molecule has 0 saturated heterocycles. The number of ether oxygens (including phenoxy) is 6. The van der Waals surface area contributed by atoms with Gasteiger partial charge in [0.15, 0.2) is 11.5 Å². The van der Waals surface area contributed by atoms with Crippen molar-refractivity contribution in [1.82, 2.24) is 0 Å². The zero-order valence-electron chi connectivity index (χ0n) is 25.3. The van der Waals surface area contributed by atoms with Crippen LogP contribution in [0.3, 0.4) is 0 Å². The van der Waals surface area contributed by atoms with Crippen LogP contribution >= 0.6 is 11.6 Å². The van der Waals surface area contributed by atoms with Crippen molar-refractivity contribution >= 4 is 29.5 Å². The standard InChI is InChI=1S/C36H27ClO10/c1-42-31-20-33(44-3)32(43-2)19-29(31)36(41)46-26-14-8-23(9-15-26)35(40)47-27-16-17-28(30(37)18-27)21-6-12-25(13-7-21)45-34(39)22-4-10-24(38)11-5-22/h4-20,38H,1-3H3. The minimum Gasteiger partial charge on any atom is -0.508 e. The van der Waals surface area contributed by atoms with E-state index in [-0.39, 0.29) is 34.1 Å². The lowest BCUT2D eigenvalue weighted by Gasteiger charge is -2.13. The van der Waals surface area contributed by atoms with Gasteiger partial charge in [0, 0.05) is 23.8 Å². The summed E-state index contributed by atoms with van der Waals surface area (Å²) in [5, 5.41) is 9.72. The molecule has 0 amide bonds. The Morgan fingerprint density at radius 2 is 1.00 bits per heavy atom. The van der Waals surface area contributed by atoms with E-state index in [2.05, 4.69) is 0 Å². The average molecular weight is 655 g/mol. The fourth-order valence-electron chi connectivity index (χ4n) is 4.44. The number of carbonyl (C=O) groups excluding carboxylic acids is 3. The highest BCUT2D eigenvalue weighted by Crippen LogP contribution is 2.36. The number of hydrogen-bond donors (Lipinski definition) is 1. The van der Waals surface area contributed by atoms with Gasteiger partial charge in [-0.15, -0.1) is 0 Å². The molecule has 0 aliphatic carbocycles. The van der Waals surface area contributed by atoms with Crippen LogP contribution < -0.4 is 28.4 Å². The van der Waals surface area contributed by atoms with Crippen molar-refractivity contribution in [3.05, 3.63) is 125 Å². The first-order valence-corrected chi connectivity index (χ1v) is 14.3. The van der Waals surface area contributed by atoms with Gasteiger partial charge in [0.25, 0.3) is 0 Å². The number of phenols is 1. The summed E-state index contributed by atoms with van der Waals surface area (Å²) in [6, 6.07) is 26.1. The van der Waals surface area contributed by atoms with Gasteiger partial charge in [-0.25, -0.2) is 14.4 Å². The zero-order chi connectivity index (χ0) is 33.5. The van der Waals surface area contributed by atoms with E-state index >= 15 is 0 Å². The molecular weight excluding hydrogens is 628 g/mol. The van der Waals surface area contributed by atoms with E-state index in [1.54, 1.807) is 36.4 Å². The highest BCUT2D eigenvalue weighted by atomic mass is 35.5. The summed E-state index contributed by atoms with van der Waals surface area (Å²) in [4.78, 5) is 38.0. The Morgan fingerprint density at radius 3 is 1.55 bits per heavy atom. The van der Waals surface area contributed by atoms with Gasteiger partial charge in [0.1, 0.15) is 34.3 Å². The summed E-state index contributed by atoms with van der Waals surface area (Å²) in [5.74, 6) is -0.157. The van der Waals surface area contributed by atoms with Crippen LogP contribution in [-0.2, 0) is 0 Å². The molecule has 5 rings (SSSR count). The number of esters is 3. The second-order valence-corrected chi connectivity index (χ2v) is 10.2. The van der Waals surface area contributed by atoms with Gasteiger partial charge in [0.2, 0.25) is 0 Å². The molecule has 0 radical (unpaired) electrons. The van der Waals surface area contributed by atoms with Gasteiger partial charge < -0.3 is 33.5 Å².